The molecule has 1 aliphatic heterocycles. The predicted molar refractivity (Wildman–Crippen MR) is 128 cm³/mol. The zero-order valence-corrected chi connectivity index (χ0v) is 20.3. The van der Waals surface area contributed by atoms with Crippen molar-refractivity contribution < 1.29 is 24.1 Å². The summed E-state index contributed by atoms with van der Waals surface area (Å²) < 4.78 is 20.5. The molecule has 0 bridgehead atoms. The number of hydrogen-bond donors (Lipinski definition) is 3. The molecule has 2 unspecified atom stereocenters. The summed E-state index contributed by atoms with van der Waals surface area (Å²) in [7, 11) is 1.77. The van der Waals surface area contributed by atoms with Crippen LogP contribution in [0.3, 0.4) is 0 Å². The zero-order valence-electron chi connectivity index (χ0n) is 19.6. The number of imidazole rings is 1. The lowest BCUT2D eigenvalue weighted by Gasteiger charge is -2.27. The molecule has 5 rings (SSSR count). The molecule has 186 valence electrons. The van der Waals surface area contributed by atoms with Crippen LogP contribution in [0.5, 0.6) is 0 Å². The van der Waals surface area contributed by atoms with Crippen LogP contribution in [0.2, 0.25) is 5.02 Å². The SMILES string of the molecule is Cn1cnc(C2CC3CC(O)(C#CC4(O)CCOCC4)CC3C2)c1C(=O)Nc1ccc(F)c(Cl)c1. The lowest BCUT2D eigenvalue weighted by Crippen LogP contribution is -2.35. The Morgan fingerprint density at radius 3 is 2.51 bits per heavy atom. The van der Waals surface area contributed by atoms with Gasteiger partial charge in [-0.2, -0.15) is 0 Å². The van der Waals surface area contributed by atoms with Gasteiger partial charge in [-0.3, -0.25) is 4.79 Å². The Balaban J connectivity index is 1.27. The van der Waals surface area contributed by atoms with Crippen molar-refractivity contribution in [2.24, 2.45) is 18.9 Å². The average molecular weight is 502 g/mol. The monoisotopic (exact) mass is 501 g/mol. The first-order valence-electron chi connectivity index (χ1n) is 12.0. The van der Waals surface area contributed by atoms with E-state index in [0.717, 1.165) is 18.5 Å². The highest BCUT2D eigenvalue weighted by Gasteiger charge is 2.49. The molecule has 2 saturated carbocycles. The number of carbonyl (C=O) groups excluding carboxylic acids is 1. The minimum atomic E-state index is -1.10. The van der Waals surface area contributed by atoms with Gasteiger partial charge in [-0.1, -0.05) is 23.4 Å². The van der Waals surface area contributed by atoms with Gasteiger partial charge >= 0.3 is 0 Å². The molecule has 2 heterocycles. The molecule has 2 atom stereocenters. The van der Waals surface area contributed by atoms with Gasteiger partial charge in [0, 0.05) is 31.5 Å². The molecule has 0 radical (unpaired) electrons. The zero-order chi connectivity index (χ0) is 24.8. The maximum Gasteiger partial charge on any atom is 0.274 e. The Labute approximate surface area is 208 Å². The van der Waals surface area contributed by atoms with Gasteiger partial charge in [0.25, 0.3) is 5.91 Å². The minimum Gasteiger partial charge on any atom is -0.381 e. The molecule has 1 aromatic heterocycles. The topological polar surface area (TPSA) is 96.6 Å². The second kappa shape index (κ2) is 9.21. The highest BCUT2D eigenvalue weighted by atomic mass is 35.5. The number of halogens is 2. The van der Waals surface area contributed by atoms with Crippen molar-refractivity contribution in [1.29, 1.82) is 0 Å². The normalized spacial score (nSPS) is 29.3. The third kappa shape index (κ3) is 4.96. The molecular formula is C26H29ClFN3O4. The molecule has 3 aliphatic rings. The van der Waals surface area contributed by atoms with Crippen LogP contribution >= 0.6 is 11.6 Å². The number of carbonyl (C=O) groups is 1. The second-order valence-electron chi connectivity index (χ2n) is 10.2. The number of nitrogens with one attached hydrogen (secondary N) is 1. The Morgan fingerprint density at radius 2 is 1.86 bits per heavy atom. The summed E-state index contributed by atoms with van der Waals surface area (Å²) in [6.45, 7) is 0.954. The van der Waals surface area contributed by atoms with Crippen LogP contribution in [-0.4, -0.2) is 50.1 Å². The van der Waals surface area contributed by atoms with Crippen molar-refractivity contribution >= 4 is 23.2 Å². The van der Waals surface area contributed by atoms with Crippen molar-refractivity contribution in [3.8, 4) is 11.8 Å². The molecule has 3 N–H and O–H groups in total. The van der Waals surface area contributed by atoms with Gasteiger partial charge < -0.3 is 24.8 Å². The highest BCUT2D eigenvalue weighted by Crippen LogP contribution is 2.53. The number of amides is 1. The van der Waals surface area contributed by atoms with Gasteiger partial charge in [0.1, 0.15) is 22.7 Å². The molecule has 9 heteroatoms. The van der Waals surface area contributed by atoms with Crippen LogP contribution < -0.4 is 5.32 Å². The third-order valence-corrected chi connectivity index (χ3v) is 7.92. The summed E-state index contributed by atoms with van der Waals surface area (Å²) >= 11 is 5.85. The fourth-order valence-corrected chi connectivity index (χ4v) is 6.02. The van der Waals surface area contributed by atoms with Crippen LogP contribution in [0.4, 0.5) is 10.1 Å². The van der Waals surface area contributed by atoms with Crippen LogP contribution in [0, 0.1) is 29.5 Å². The Bertz CT molecular complexity index is 1180. The molecule has 2 aliphatic carbocycles. The highest BCUT2D eigenvalue weighted by molar-refractivity contribution is 6.31. The summed E-state index contributed by atoms with van der Waals surface area (Å²) in [6, 6.07) is 4.06. The molecule has 0 spiro atoms. The molecule has 7 nitrogen and oxygen atoms in total. The summed E-state index contributed by atoms with van der Waals surface area (Å²) in [5, 5.41) is 24.5. The summed E-state index contributed by atoms with van der Waals surface area (Å²) in [4.78, 5) is 17.6. The van der Waals surface area contributed by atoms with Gasteiger partial charge in [-0.15, -0.1) is 0 Å². The molecule has 1 saturated heterocycles. The number of aliphatic hydroxyl groups is 2. The Morgan fingerprint density at radius 1 is 1.20 bits per heavy atom. The van der Waals surface area contributed by atoms with Crippen LogP contribution in [0.15, 0.2) is 24.5 Å². The van der Waals surface area contributed by atoms with Crippen LogP contribution in [0.25, 0.3) is 0 Å². The lowest BCUT2D eigenvalue weighted by molar-refractivity contribution is -0.0268. The first-order chi connectivity index (χ1) is 16.6. The molecule has 1 aromatic carbocycles. The molecular weight excluding hydrogens is 473 g/mol. The first kappa shape index (κ1) is 24.3. The smallest absolute Gasteiger partial charge is 0.274 e. The summed E-state index contributed by atoms with van der Waals surface area (Å²) in [6.07, 6.45) is 5.27. The van der Waals surface area contributed by atoms with Crippen molar-refractivity contribution in [2.45, 2.75) is 55.6 Å². The first-order valence-corrected chi connectivity index (χ1v) is 12.4. The number of ether oxygens (including phenoxy) is 1. The van der Waals surface area contributed by atoms with Crippen molar-refractivity contribution in [3.63, 3.8) is 0 Å². The predicted octanol–water partition coefficient (Wildman–Crippen LogP) is 3.64. The summed E-state index contributed by atoms with van der Waals surface area (Å²) in [5.74, 6) is 5.72. The van der Waals surface area contributed by atoms with Gasteiger partial charge in [-0.05, 0) is 55.7 Å². The number of aryl methyl sites for hydroxylation is 1. The van der Waals surface area contributed by atoms with Gasteiger partial charge in [0.15, 0.2) is 0 Å². The van der Waals surface area contributed by atoms with E-state index in [2.05, 4.69) is 22.1 Å². The van der Waals surface area contributed by atoms with E-state index in [1.165, 1.54) is 18.2 Å². The van der Waals surface area contributed by atoms with Crippen molar-refractivity contribution in [2.75, 3.05) is 18.5 Å². The van der Waals surface area contributed by atoms with Crippen LogP contribution in [0.1, 0.15) is 60.6 Å². The van der Waals surface area contributed by atoms with E-state index in [9.17, 15) is 19.4 Å². The fraction of sp³-hybridized carbons (Fsp3) is 0.538. The standard InChI is InChI=1S/C26H29ClFN3O4/c1-31-15-29-22(23(31)24(32)30-19-2-3-21(28)20(27)12-19)16-10-17-13-26(34,14-18(17)11-16)5-4-25(33)6-8-35-9-7-25/h2-3,12,15-18,33-34H,6-11,13-14H2,1H3,(H,30,32). The van der Waals surface area contributed by atoms with Gasteiger partial charge in [0.05, 0.1) is 30.3 Å². The fourth-order valence-electron chi connectivity index (χ4n) is 5.84. The van der Waals surface area contributed by atoms with E-state index < -0.39 is 17.0 Å². The van der Waals surface area contributed by atoms with E-state index in [-0.39, 0.29) is 28.7 Å². The number of hydrogen-bond acceptors (Lipinski definition) is 5. The average Bonchev–Trinajstić information content (AvgIpc) is 3.46. The Hall–Kier alpha value is -2.44. The Kier molecular flexibility index (Phi) is 6.39. The molecule has 3 fully saturated rings. The number of anilines is 1. The minimum absolute atomic E-state index is 0.0591. The molecule has 1 amide bonds. The van der Waals surface area contributed by atoms with Gasteiger partial charge in [0.2, 0.25) is 0 Å². The van der Waals surface area contributed by atoms with E-state index in [1.807, 2.05) is 0 Å². The lowest BCUT2D eigenvalue weighted by atomic mass is 9.90. The second-order valence-corrected chi connectivity index (χ2v) is 10.6. The number of fused-ring (bicyclic) bond motifs is 1. The van der Waals surface area contributed by atoms with E-state index in [4.69, 9.17) is 16.3 Å². The maximum atomic E-state index is 13.5. The van der Waals surface area contributed by atoms with E-state index in [1.54, 1.807) is 17.9 Å². The molecule has 2 aromatic rings. The van der Waals surface area contributed by atoms with Gasteiger partial charge in [-0.25, -0.2) is 9.37 Å². The van der Waals surface area contributed by atoms with Crippen molar-refractivity contribution in [1.82, 2.24) is 9.55 Å². The third-order valence-electron chi connectivity index (χ3n) is 7.63. The summed E-state index contributed by atoms with van der Waals surface area (Å²) in [5.41, 5.74) is -0.572. The number of aromatic nitrogens is 2. The van der Waals surface area contributed by atoms with Crippen LogP contribution in [-0.2, 0) is 11.8 Å². The van der Waals surface area contributed by atoms with E-state index >= 15 is 0 Å². The van der Waals surface area contributed by atoms with E-state index in [0.29, 0.717) is 50.3 Å². The quantitative estimate of drug-likeness (QED) is 0.558. The molecule has 35 heavy (non-hydrogen) atoms. The number of rotatable bonds is 3. The maximum absolute atomic E-state index is 13.5. The largest absolute Gasteiger partial charge is 0.381 e. The number of nitrogens with zero attached hydrogens (tertiary/aromatic N) is 2. The number of benzene rings is 1. The van der Waals surface area contributed by atoms with Crippen molar-refractivity contribution in [3.05, 3.63) is 46.8 Å².